The highest BCUT2D eigenvalue weighted by atomic mass is 16.6. The van der Waals surface area contributed by atoms with Crippen LogP contribution < -0.4 is 4.74 Å². The van der Waals surface area contributed by atoms with Crippen LogP contribution in [0, 0.1) is 0 Å². The minimum Gasteiger partial charge on any atom is -0.497 e. The molecule has 0 fully saturated rings. The molecule has 0 spiro atoms. The summed E-state index contributed by atoms with van der Waals surface area (Å²) in [7, 11) is 2.69. The van der Waals surface area contributed by atoms with Gasteiger partial charge in [-0.3, -0.25) is 4.79 Å². The summed E-state index contributed by atoms with van der Waals surface area (Å²) in [6.45, 7) is 0. The highest BCUT2D eigenvalue weighted by Gasteiger charge is 2.44. The Morgan fingerprint density at radius 2 is 1.31 bits per heavy atom. The first-order valence-corrected chi connectivity index (χ1v) is 9.80. The first kappa shape index (κ1) is 22.5. The third kappa shape index (κ3) is 4.92. The van der Waals surface area contributed by atoms with Gasteiger partial charge in [0.05, 0.1) is 19.8 Å². The second-order valence-corrected chi connectivity index (χ2v) is 6.77. The van der Waals surface area contributed by atoms with Gasteiger partial charge in [-0.25, -0.2) is 9.59 Å². The Bertz CT molecular complexity index is 1100. The van der Waals surface area contributed by atoms with Crippen molar-refractivity contribution >= 4 is 17.7 Å². The van der Waals surface area contributed by atoms with Crippen LogP contribution in [0.1, 0.15) is 26.3 Å². The molecule has 1 unspecified atom stereocenters. The lowest BCUT2D eigenvalue weighted by molar-refractivity contribution is -0.159. The van der Waals surface area contributed by atoms with E-state index in [1.165, 1.54) is 26.4 Å². The number of rotatable bonds is 8. The molecule has 0 aliphatic carbocycles. The Kier molecular flexibility index (Phi) is 7.18. The van der Waals surface area contributed by atoms with Crippen LogP contribution in [0.3, 0.4) is 0 Å². The van der Waals surface area contributed by atoms with Crippen LogP contribution in [-0.2, 0) is 19.9 Å². The average Bonchev–Trinajstić information content (AvgIpc) is 2.86. The van der Waals surface area contributed by atoms with Crippen LogP contribution in [0.15, 0.2) is 97.1 Å². The first-order chi connectivity index (χ1) is 15.5. The first-order valence-electron chi connectivity index (χ1n) is 9.80. The minimum absolute atomic E-state index is 0.247. The molecule has 0 saturated carbocycles. The molecule has 0 aliphatic rings. The van der Waals surface area contributed by atoms with Crippen LogP contribution in [0.5, 0.6) is 5.75 Å². The van der Waals surface area contributed by atoms with Gasteiger partial charge in [0, 0.05) is 11.1 Å². The van der Waals surface area contributed by atoms with Crippen molar-refractivity contribution in [1.82, 2.24) is 0 Å². The second-order valence-electron chi connectivity index (χ2n) is 6.77. The van der Waals surface area contributed by atoms with Gasteiger partial charge in [-0.15, -0.1) is 0 Å². The SMILES string of the molecule is COC(=O)C(/C=C/C(=O)c1ccccc1)(OC(=O)c1ccccc1)c1ccc(OC)cc1. The third-order valence-electron chi connectivity index (χ3n) is 4.80. The molecule has 3 aromatic carbocycles. The quantitative estimate of drug-likeness (QED) is 0.300. The van der Waals surface area contributed by atoms with Crippen LogP contribution in [-0.4, -0.2) is 31.9 Å². The lowest BCUT2D eigenvalue weighted by atomic mass is 9.91. The third-order valence-corrected chi connectivity index (χ3v) is 4.80. The van der Waals surface area contributed by atoms with Gasteiger partial charge in [-0.1, -0.05) is 60.7 Å². The maximum Gasteiger partial charge on any atom is 0.359 e. The Hall–Kier alpha value is -4.19. The van der Waals surface area contributed by atoms with Crippen molar-refractivity contribution in [3.05, 3.63) is 114 Å². The lowest BCUT2D eigenvalue weighted by Gasteiger charge is -2.28. The van der Waals surface area contributed by atoms with Crippen molar-refractivity contribution in [2.75, 3.05) is 14.2 Å². The Balaban J connectivity index is 2.09. The number of hydrogen-bond donors (Lipinski definition) is 0. The molecule has 0 saturated heterocycles. The van der Waals surface area contributed by atoms with E-state index in [1.54, 1.807) is 84.9 Å². The smallest absolute Gasteiger partial charge is 0.359 e. The number of benzene rings is 3. The number of methoxy groups -OCH3 is 2. The van der Waals surface area contributed by atoms with E-state index in [9.17, 15) is 14.4 Å². The fraction of sp³-hybridized carbons (Fsp3) is 0.115. The average molecular weight is 430 g/mol. The fourth-order valence-electron chi connectivity index (χ4n) is 3.08. The van der Waals surface area contributed by atoms with Crippen LogP contribution >= 0.6 is 0 Å². The molecule has 3 aromatic rings. The molecule has 0 heterocycles. The molecule has 1 atom stereocenters. The molecule has 0 aromatic heterocycles. The number of ether oxygens (including phenoxy) is 3. The number of hydrogen-bond acceptors (Lipinski definition) is 6. The van der Waals surface area contributed by atoms with Crippen molar-refractivity contribution in [3.8, 4) is 5.75 Å². The maximum atomic E-state index is 13.0. The van der Waals surface area contributed by atoms with E-state index in [2.05, 4.69) is 0 Å². The van der Waals surface area contributed by atoms with Gasteiger partial charge in [-0.2, -0.15) is 0 Å². The van der Waals surface area contributed by atoms with E-state index in [0.717, 1.165) is 0 Å². The van der Waals surface area contributed by atoms with Crippen molar-refractivity contribution in [2.45, 2.75) is 5.60 Å². The summed E-state index contributed by atoms with van der Waals surface area (Å²) in [5.41, 5.74) is -1.02. The lowest BCUT2D eigenvalue weighted by Crippen LogP contribution is -2.40. The molecule has 32 heavy (non-hydrogen) atoms. The van der Waals surface area contributed by atoms with Crippen molar-refractivity contribution < 1.29 is 28.6 Å². The Labute approximate surface area is 186 Å². The van der Waals surface area contributed by atoms with Crippen LogP contribution in [0.2, 0.25) is 0 Å². The zero-order valence-corrected chi connectivity index (χ0v) is 17.7. The predicted molar refractivity (Wildman–Crippen MR) is 118 cm³/mol. The minimum atomic E-state index is -1.99. The molecule has 0 bridgehead atoms. The molecule has 162 valence electrons. The normalized spacial score (nSPS) is 12.6. The molecular formula is C26H22O6. The standard InChI is InChI=1S/C26H22O6/c1-30-22-15-13-21(14-16-22)26(25(29)31-2,32-24(28)20-11-7-4-8-12-20)18-17-23(27)19-9-5-3-6-10-19/h3-18H,1-2H3/b18-17+. The van der Waals surface area contributed by atoms with E-state index < -0.39 is 17.5 Å². The van der Waals surface area contributed by atoms with E-state index in [-0.39, 0.29) is 11.3 Å². The zero-order chi connectivity index (χ0) is 23.0. The molecule has 6 nitrogen and oxygen atoms in total. The number of carbonyl (C=O) groups excluding carboxylic acids is 3. The van der Waals surface area contributed by atoms with E-state index in [0.29, 0.717) is 16.9 Å². The number of esters is 2. The molecule has 0 aliphatic heterocycles. The monoisotopic (exact) mass is 430 g/mol. The van der Waals surface area contributed by atoms with Crippen LogP contribution in [0.4, 0.5) is 0 Å². The Morgan fingerprint density at radius 1 is 0.750 bits per heavy atom. The summed E-state index contributed by atoms with van der Waals surface area (Å²) in [5.74, 6) is -1.41. The summed E-state index contributed by atoms with van der Waals surface area (Å²) < 4.78 is 15.9. The summed E-state index contributed by atoms with van der Waals surface area (Å²) in [4.78, 5) is 38.6. The molecular weight excluding hydrogens is 408 g/mol. The van der Waals surface area contributed by atoms with Gasteiger partial charge in [0.25, 0.3) is 5.60 Å². The molecule has 0 N–H and O–H groups in total. The van der Waals surface area contributed by atoms with Crippen molar-refractivity contribution in [1.29, 1.82) is 0 Å². The topological polar surface area (TPSA) is 78.9 Å². The second kappa shape index (κ2) is 10.2. The number of allylic oxidation sites excluding steroid dienone is 1. The molecule has 3 rings (SSSR count). The number of carbonyl (C=O) groups is 3. The van der Waals surface area contributed by atoms with E-state index in [1.807, 2.05) is 0 Å². The van der Waals surface area contributed by atoms with Crippen molar-refractivity contribution in [3.63, 3.8) is 0 Å². The van der Waals surface area contributed by atoms with Gasteiger partial charge in [0.1, 0.15) is 5.75 Å². The summed E-state index contributed by atoms with van der Waals surface area (Å²) in [5, 5.41) is 0. The number of ketones is 1. The fourth-order valence-corrected chi connectivity index (χ4v) is 3.08. The summed E-state index contributed by atoms with van der Waals surface area (Å²) in [6.07, 6.45) is 2.45. The van der Waals surface area contributed by atoms with Crippen molar-refractivity contribution in [2.24, 2.45) is 0 Å². The molecule has 0 amide bonds. The van der Waals surface area contributed by atoms with E-state index >= 15 is 0 Å². The molecule has 0 radical (unpaired) electrons. The van der Waals surface area contributed by atoms with Gasteiger partial charge >= 0.3 is 11.9 Å². The predicted octanol–water partition coefficient (Wildman–Crippen LogP) is 4.36. The van der Waals surface area contributed by atoms with Gasteiger partial charge < -0.3 is 14.2 Å². The summed E-state index contributed by atoms with van der Waals surface area (Å²) >= 11 is 0. The van der Waals surface area contributed by atoms with Crippen LogP contribution in [0.25, 0.3) is 0 Å². The zero-order valence-electron chi connectivity index (χ0n) is 17.7. The summed E-state index contributed by atoms with van der Waals surface area (Å²) in [6, 6.07) is 23.2. The Morgan fingerprint density at radius 3 is 1.84 bits per heavy atom. The largest absolute Gasteiger partial charge is 0.497 e. The maximum absolute atomic E-state index is 13.0. The highest BCUT2D eigenvalue weighted by Crippen LogP contribution is 2.32. The van der Waals surface area contributed by atoms with Gasteiger partial charge in [0.15, 0.2) is 5.78 Å². The van der Waals surface area contributed by atoms with Gasteiger partial charge in [-0.05, 0) is 36.4 Å². The molecule has 6 heteroatoms. The highest BCUT2D eigenvalue weighted by molar-refractivity contribution is 6.05. The van der Waals surface area contributed by atoms with Gasteiger partial charge in [0.2, 0.25) is 0 Å². The van der Waals surface area contributed by atoms with E-state index in [4.69, 9.17) is 14.2 Å².